The number of fused-ring (bicyclic) bond motifs is 1. The van der Waals surface area contributed by atoms with Gasteiger partial charge in [0.1, 0.15) is 17.4 Å². The van der Waals surface area contributed by atoms with E-state index < -0.39 is 11.6 Å². The van der Waals surface area contributed by atoms with Crippen molar-refractivity contribution in [2.45, 2.75) is 57.4 Å². The maximum Gasteiger partial charge on any atom is 0.248 e. The smallest absolute Gasteiger partial charge is 0.248 e. The predicted molar refractivity (Wildman–Crippen MR) is 147 cm³/mol. The number of hydrogen-bond acceptors (Lipinski definition) is 5. The number of phenols is 1. The molecule has 9 heteroatoms. The van der Waals surface area contributed by atoms with Crippen molar-refractivity contribution in [3.05, 3.63) is 75.6 Å². The van der Waals surface area contributed by atoms with Crippen molar-refractivity contribution >= 4 is 16.8 Å². The molecule has 7 nitrogen and oxygen atoms in total. The number of rotatable bonds is 13. The number of nitrogens with one attached hydrogen (secondary N) is 2. The number of phenolic OH excluding ortho intramolecular Hbond substituents is 1. The fourth-order valence-corrected chi connectivity index (χ4v) is 5.28. The minimum absolute atomic E-state index is 0.0487. The van der Waals surface area contributed by atoms with Crippen molar-refractivity contribution in [1.82, 2.24) is 15.2 Å². The highest BCUT2D eigenvalue weighted by atomic mass is 19.1. The highest BCUT2D eigenvalue weighted by molar-refractivity contribution is 5.87. The summed E-state index contributed by atoms with van der Waals surface area (Å²) >= 11 is 0. The van der Waals surface area contributed by atoms with Crippen LogP contribution in [-0.4, -0.2) is 59.8 Å². The van der Waals surface area contributed by atoms with Crippen LogP contribution in [0.3, 0.4) is 0 Å². The third kappa shape index (κ3) is 8.10. The van der Waals surface area contributed by atoms with Gasteiger partial charge in [0.15, 0.2) is 0 Å². The number of amides is 1. The van der Waals surface area contributed by atoms with Crippen molar-refractivity contribution in [2.24, 2.45) is 0 Å². The molecule has 3 aromatic rings. The quantitative estimate of drug-likeness (QED) is 0.278. The lowest BCUT2D eigenvalue weighted by molar-refractivity contribution is -0.135. The van der Waals surface area contributed by atoms with Crippen LogP contribution < -0.4 is 10.9 Å². The normalized spacial score (nSPS) is 14.1. The zero-order chi connectivity index (χ0) is 27.6. The van der Waals surface area contributed by atoms with E-state index in [0.717, 1.165) is 42.7 Å². The fourth-order valence-electron chi connectivity index (χ4n) is 5.28. The molecule has 0 atom stereocenters. The monoisotopic (exact) mass is 541 g/mol. The number of nitrogens with zero attached hydrogens (tertiary/aromatic N) is 1. The molecule has 2 aromatic carbocycles. The molecule has 4 rings (SSSR count). The standard InChI is InChI=1S/C30H37F2N3O4/c31-23-8-6-22(26(32)20-23)13-18-39-19-14-29(38)35(24-4-2-1-3-5-24)17-16-33-15-12-21-7-10-27(36)30-25(21)9-11-28(37)34-30/h6-11,20,24,33,36H,1-5,12-19H2,(H,34,37). The van der Waals surface area contributed by atoms with E-state index in [-0.39, 0.29) is 42.9 Å². The fraction of sp³-hybridized carbons (Fsp3) is 0.467. The van der Waals surface area contributed by atoms with Crippen LogP contribution in [0.15, 0.2) is 47.3 Å². The molecule has 1 heterocycles. The van der Waals surface area contributed by atoms with Gasteiger partial charge in [-0.2, -0.15) is 0 Å². The number of halogens is 2. The van der Waals surface area contributed by atoms with Crippen molar-refractivity contribution in [1.29, 1.82) is 0 Å². The van der Waals surface area contributed by atoms with Crippen molar-refractivity contribution in [3.63, 3.8) is 0 Å². The number of aromatic hydroxyl groups is 1. The lowest BCUT2D eigenvalue weighted by Crippen LogP contribution is -2.45. The minimum atomic E-state index is -0.605. The van der Waals surface area contributed by atoms with Crippen LogP contribution in [0.4, 0.5) is 8.78 Å². The lowest BCUT2D eigenvalue weighted by atomic mass is 9.94. The molecule has 39 heavy (non-hydrogen) atoms. The first-order valence-electron chi connectivity index (χ1n) is 13.8. The summed E-state index contributed by atoms with van der Waals surface area (Å²) in [6.07, 6.45) is 6.76. The Morgan fingerprint density at radius 3 is 2.59 bits per heavy atom. The van der Waals surface area contributed by atoms with Gasteiger partial charge in [0, 0.05) is 36.7 Å². The maximum atomic E-state index is 13.8. The SMILES string of the molecule is O=C(CCOCCc1ccc(F)cc1F)N(CCNCCc1ccc(O)c2[nH]c(=O)ccc12)C1CCCCC1. The van der Waals surface area contributed by atoms with Crippen LogP contribution in [0.1, 0.15) is 49.7 Å². The average Bonchev–Trinajstić information content (AvgIpc) is 2.93. The maximum absolute atomic E-state index is 13.8. The molecule has 210 valence electrons. The van der Waals surface area contributed by atoms with Crippen LogP contribution in [0.5, 0.6) is 5.75 Å². The number of hydrogen-bond donors (Lipinski definition) is 3. The number of aromatic amines is 1. The van der Waals surface area contributed by atoms with E-state index in [2.05, 4.69) is 10.3 Å². The Balaban J connectivity index is 1.23. The number of aromatic nitrogens is 1. The zero-order valence-corrected chi connectivity index (χ0v) is 22.2. The summed E-state index contributed by atoms with van der Waals surface area (Å²) in [7, 11) is 0. The van der Waals surface area contributed by atoms with E-state index >= 15 is 0 Å². The number of carbonyl (C=O) groups excluding carboxylic acids is 1. The Labute approximate surface area is 227 Å². The summed E-state index contributed by atoms with van der Waals surface area (Å²) in [6.45, 7) is 2.47. The number of H-pyrrole nitrogens is 1. The molecule has 0 unspecified atom stereocenters. The van der Waals surface area contributed by atoms with E-state index in [9.17, 15) is 23.5 Å². The van der Waals surface area contributed by atoms with Crippen molar-refractivity contribution < 1.29 is 23.4 Å². The summed E-state index contributed by atoms with van der Waals surface area (Å²) in [4.78, 5) is 29.4. The van der Waals surface area contributed by atoms with E-state index in [1.807, 2.05) is 11.0 Å². The largest absolute Gasteiger partial charge is 0.506 e. The Morgan fingerprint density at radius 1 is 1.00 bits per heavy atom. The summed E-state index contributed by atoms with van der Waals surface area (Å²) in [5.41, 5.74) is 1.60. The topological polar surface area (TPSA) is 94.7 Å². The third-order valence-electron chi connectivity index (χ3n) is 7.39. The third-order valence-corrected chi connectivity index (χ3v) is 7.39. The van der Waals surface area contributed by atoms with E-state index in [4.69, 9.17) is 4.74 Å². The van der Waals surface area contributed by atoms with Crippen LogP contribution in [-0.2, 0) is 22.4 Å². The summed E-state index contributed by atoms with van der Waals surface area (Å²) in [6, 6.07) is 10.4. The van der Waals surface area contributed by atoms with Gasteiger partial charge >= 0.3 is 0 Å². The first kappa shape index (κ1) is 28.7. The number of benzene rings is 2. The zero-order valence-electron chi connectivity index (χ0n) is 22.2. The highest BCUT2D eigenvalue weighted by Crippen LogP contribution is 2.25. The summed E-state index contributed by atoms with van der Waals surface area (Å²) < 4.78 is 32.5. The molecule has 1 amide bonds. The first-order chi connectivity index (χ1) is 18.9. The van der Waals surface area contributed by atoms with Crippen LogP contribution in [0.2, 0.25) is 0 Å². The van der Waals surface area contributed by atoms with Crippen LogP contribution in [0.25, 0.3) is 10.9 Å². The minimum Gasteiger partial charge on any atom is -0.506 e. The van der Waals surface area contributed by atoms with Crippen LogP contribution >= 0.6 is 0 Å². The van der Waals surface area contributed by atoms with E-state index in [0.29, 0.717) is 43.6 Å². The molecule has 0 spiro atoms. The second-order valence-electron chi connectivity index (χ2n) is 10.1. The molecular formula is C30H37F2N3O4. The molecule has 3 N–H and O–H groups in total. The number of carbonyl (C=O) groups is 1. The summed E-state index contributed by atoms with van der Waals surface area (Å²) in [5.74, 6) is -1.08. The Kier molecular flexibility index (Phi) is 10.4. The van der Waals surface area contributed by atoms with Gasteiger partial charge in [-0.3, -0.25) is 9.59 Å². The molecule has 1 fully saturated rings. The van der Waals surface area contributed by atoms with Gasteiger partial charge < -0.3 is 25.0 Å². The van der Waals surface area contributed by atoms with Gasteiger partial charge in [-0.25, -0.2) is 8.78 Å². The molecule has 0 radical (unpaired) electrons. The van der Waals surface area contributed by atoms with Gasteiger partial charge in [0.05, 0.1) is 25.2 Å². The Hall–Kier alpha value is -3.30. The van der Waals surface area contributed by atoms with Gasteiger partial charge in [-0.15, -0.1) is 0 Å². The van der Waals surface area contributed by atoms with Gasteiger partial charge in [-0.1, -0.05) is 31.4 Å². The molecule has 1 aliphatic carbocycles. The van der Waals surface area contributed by atoms with Crippen molar-refractivity contribution in [3.8, 4) is 5.75 Å². The average molecular weight is 542 g/mol. The molecule has 0 saturated heterocycles. The number of ether oxygens (including phenoxy) is 1. The lowest BCUT2D eigenvalue weighted by Gasteiger charge is -2.34. The molecule has 0 bridgehead atoms. The van der Waals surface area contributed by atoms with Crippen molar-refractivity contribution in [2.75, 3.05) is 32.8 Å². The molecule has 1 aromatic heterocycles. The summed E-state index contributed by atoms with van der Waals surface area (Å²) in [5, 5.41) is 14.3. The molecular weight excluding hydrogens is 504 g/mol. The van der Waals surface area contributed by atoms with Gasteiger partial charge in [0.25, 0.3) is 0 Å². The molecule has 0 aliphatic heterocycles. The second-order valence-corrected chi connectivity index (χ2v) is 10.1. The van der Waals surface area contributed by atoms with Gasteiger partial charge in [-0.05, 0) is 61.6 Å². The van der Waals surface area contributed by atoms with E-state index in [1.165, 1.54) is 24.6 Å². The highest BCUT2D eigenvalue weighted by Gasteiger charge is 2.24. The second kappa shape index (κ2) is 14.2. The first-order valence-corrected chi connectivity index (χ1v) is 13.8. The van der Waals surface area contributed by atoms with Crippen LogP contribution in [0, 0.1) is 11.6 Å². The predicted octanol–water partition coefficient (Wildman–Crippen LogP) is 4.45. The molecule has 1 saturated carbocycles. The van der Waals surface area contributed by atoms with E-state index in [1.54, 1.807) is 12.1 Å². The van der Waals surface area contributed by atoms with Gasteiger partial charge in [0.2, 0.25) is 11.5 Å². The molecule has 1 aliphatic rings. The number of pyridine rings is 1. The Morgan fingerprint density at radius 2 is 1.79 bits per heavy atom. The Bertz CT molecular complexity index is 1310.